The van der Waals surface area contributed by atoms with Crippen LogP contribution in [0.15, 0.2) is 36.4 Å². The van der Waals surface area contributed by atoms with Crippen molar-refractivity contribution in [2.24, 2.45) is 5.73 Å². The third kappa shape index (κ3) is 3.35. The van der Waals surface area contributed by atoms with E-state index in [4.69, 9.17) is 33.7 Å². The average molecular weight is 283 g/mol. The molecule has 0 unspecified atom stereocenters. The van der Waals surface area contributed by atoms with E-state index >= 15 is 0 Å². The minimum Gasteiger partial charge on any atom is -0.486 e. The molecule has 0 radical (unpaired) electrons. The summed E-state index contributed by atoms with van der Waals surface area (Å²) in [4.78, 5) is 4.33. The van der Waals surface area contributed by atoms with Gasteiger partial charge in [0.25, 0.3) is 0 Å². The number of benzene rings is 1. The summed E-state index contributed by atoms with van der Waals surface area (Å²) >= 11 is 11.8. The van der Waals surface area contributed by atoms with Gasteiger partial charge in [-0.3, -0.25) is 4.98 Å². The first-order valence-corrected chi connectivity index (χ1v) is 6.17. The van der Waals surface area contributed by atoms with Crippen LogP contribution >= 0.6 is 23.2 Å². The fourth-order valence-corrected chi connectivity index (χ4v) is 1.93. The van der Waals surface area contributed by atoms with Crippen LogP contribution in [0.2, 0.25) is 10.0 Å². The van der Waals surface area contributed by atoms with Gasteiger partial charge in [-0.05, 0) is 30.3 Å². The van der Waals surface area contributed by atoms with Crippen molar-refractivity contribution >= 4 is 23.2 Å². The fraction of sp³-hybridized carbons (Fsp3) is 0.154. The molecule has 0 fully saturated rings. The molecule has 2 aromatic rings. The lowest BCUT2D eigenvalue weighted by atomic mass is 10.3. The van der Waals surface area contributed by atoms with Gasteiger partial charge in [-0.2, -0.15) is 0 Å². The molecule has 0 aliphatic carbocycles. The largest absolute Gasteiger partial charge is 0.486 e. The van der Waals surface area contributed by atoms with Crippen molar-refractivity contribution in [2.45, 2.75) is 13.2 Å². The number of halogens is 2. The van der Waals surface area contributed by atoms with Crippen molar-refractivity contribution < 1.29 is 4.74 Å². The zero-order valence-corrected chi connectivity index (χ0v) is 11.1. The lowest BCUT2D eigenvalue weighted by molar-refractivity contribution is 0.301. The molecule has 0 atom stereocenters. The maximum absolute atomic E-state index is 6.00. The van der Waals surface area contributed by atoms with Gasteiger partial charge in [-0.25, -0.2) is 0 Å². The molecule has 1 heterocycles. The van der Waals surface area contributed by atoms with Crippen LogP contribution in [0, 0.1) is 0 Å². The Morgan fingerprint density at radius 2 is 1.89 bits per heavy atom. The predicted molar refractivity (Wildman–Crippen MR) is 72.9 cm³/mol. The van der Waals surface area contributed by atoms with Gasteiger partial charge in [0, 0.05) is 11.6 Å². The van der Waals surface area contributed by atoms with Gasteiger partial charge in [0.2, 0.25) is 0 Å². The van der Waals surface area contributed by atoms with Crippen LogP contribution in [0.5, 0.6) is 5.75 Å². The van der Waals surface area contributed by atoms with Crippen molar-refractivity contribution in [3.63, 3.8) is 0 Å². The first kappa shape index (κ1) is 13.1. The maximum Gasteiger partial charge on any atom is 0.138 e. The van der Waals surface area contributed by atoms with Crippen molar-refractivity contribution in [1.82, 2.24) is 4.98 Å². The molecule has 0 saturated carbocycles. The second-order valence-electron chi connectivity index (χ2n) is 3.69. The molecule has 0 amide bonds. The third-order valence-electron chi connectivity index (χ3n) is 2.34. The second-order valence-corrected chi connectivity index (χ2v) is 4.53. The van der Waals surface area contributed by atoms with Gasteiger partial charge in [0.1, 0.15) is 12.4 Å². The summed E-state index contributed by atoms with van der Waals surface area (Å²) in [6, 6.07) is 10.8. The van der Waals surface area contributed by atoms with Crippen LogP contribution in [-0.4, -0.2) is 4.98 Å². The van der Waals surface area contributed by atoms with Crippen LogP contribution in [0.25, 0.3) is 0 Å². The number of nitrogens with two attached hydrogens (primary N) is 1. The molecule has 94 valence electrons. The van der Waals surface area contributed by atoms with Crippen LogP contribution in [0.4, 0.5) is 0 Å². The summed E-state index contributed by atoms with van der Waals surface area (Å²) in [6.45, 7) is 0.755. The molecule has 0 saturated heterocycles. The fourth-order valence-electron chi connectivity index (χ4n) is 1.47. The summed E-state index contributed by atoms with van der Waals surface area (Å²) in [5, 5.41) is 1.06. The Bertz CT molecular complexity index is 546. The van der Waals surface area contributed by atoms with Gasteiger partial charge in [-0.15, -0.1) is 0 Å². The number of hydrogen-bond acceptors (Lipinski definition) is 3. The normalized spacial score (nSPS) is 10.4. The van der Waals surface area contributed by atoms with Crippen molar-refractivity contribution in [2.75, 3.05) is 0 Å². The summed E-state index contributed by atoms with van der Waals surface area (Å²) < 4.78 is 5.58. The van der Waals surface area contributed by atoms with E-state index in [9.17, 15) is 0 Å². The lowest BCUT2D eigenvalue weighted by Gasteiger charge is -2.08. The standard InChI is InChI=1S/C13H12Cl2N2O/c14-9-4-5-13(12(15)6-9)18-8-11-3-1-2-10(7-16)17-11/h1-6H,7-8,16H2. The summed E-state index contributed by atoms with van der Waals surface area (Å²) in [5.41, 5.74) is 7.17. The first-order valence-electron chi connectivity index (χ1n) is 5.42. The van der Waals surface area contributed by atoms with Gasteiger partial charge < -0.3 is 10.5 Å². The Morgan fingerprint density at radius 1 is 1.11 bits per heavy atom. The van der Waals surface area contributed by atoms with Crippen molar-refractivity contribution in [1.29, 1.82) is 0 Å². The second kappa shape index (κ2) is 6.05. The van der Waals surface area contributed by atoms with Gasteiger partial charge in [-0.1, -0.05) is 29.3 Å². The molecule has 0 bridgehead atoms. The smallest absolute Gasteiger partial charge is 0.138 e. The molecule has 3 nitrogen and oxygen atoms in total. The predicted octanol–water partition coefficient (Wildman–Crippen LogP) is 3.43. The molecule has 0 aliphatic heterocycles. The van der Waals surface area contributed by atoms with E-state index in [0.717, 1.165) is 11.4 Å². The highest BCUT2D eigenvalue weighted by atomic mass is 35.5. The van der Waals surface area contributed by atoms with E-state index in [1.54, 1.807) is 18.2 Å². The third-order valence-corrected chi connectivity index (χ3v) is 2.87. The maximum atomic E-state index is 6.00. The van der Waals surface area contributed by atoms with E-state index in [0.29, 0.717) is 28.9 Å². The Morgan fingerprint density at radius 3 is 2.61 bits per heavy atom. The summed E-state index contributed by atoms with van der Waals surface area (Å²) in [6.07, 6.45) is 0. The van der Waals surface area contributed by atoms with Gasteiger partial charge in [0.15, 0.2) is 0 Å². The summed E-state index contributed by atoms with van der Waals surface area (Å²) in [7, 11) is 0. The highest BCUT2D eigenvalue weighted by Crippen LogP contribution is 2.27. The quantitative estimate of drug-likeness (QED) is 0.935. The highest BCUT2D eigenvalue weighted by molar-refractivity contribution is 6.35. The van der Waals surface area contributed by atoms with E-state index in [1.165, 1.54) is 0 Å². The molecule has 2 rings (SSSR count). The molecule has 18 heavy (non-hydrogen) atoms. The van der Waals surface area contributed by atoms with Crippen LogP contribution in [-0.2, 0) is 13.2 Å². The van der Waals surface area contributed by atoms with Crippen molar-refractivity contribution in [3.8, 4) is 5.75 Å². The Labute approximate surface area is 115 Å². The number of nitrogens with zero attached hydrogens (tertiary/aromatic N) is 1. The number of hydrogen-bond donors (Lipinski definition) is 1. The number of pyridine rings is 1. The lowest BCUT2D eigenvalue weighted by Crippen LogP contribution is -2.04. The number of rotatable bonds is 4. The summed E-state index contributed by atoms with van der Waals surface area (Å²) in [5.74, 6) is 0.584. The first-order chi connectivity index (χ1) is 8.69. The molecule has 5 heteroatoms. The topological polar surface area (TPSA) is 48.1 Å². The molecule has 1 aromatic carbocycles. The van der Waals surface area contributed by atoms with E-state index in [2.05, 4.69) is 4.98 Å². The van der Waals surface area contributed by atoms with Crippen LogP contribution in [0.3, 0.4) is 0 Å². The zero-order chi connectivity index (χ0) is 13.0. The number of ether oxygens (including phenoxy) is 1. The molecule has 2 N–H and O–H groups in total. The van der Waals surface area contributed by atoms with Gasteiger partial charge in [0.05, 0.1) is 16.4 Å². The Hall–Kier alpha value is -1.29. The van der Waals surface area contributed by atoms with E-state index < -0.39 is 0 Å². The monoisotopic (exact) mass is 282 g/mol. The highest BCUT2D eigenvalue weighted by Gasteiger charge is 2.03. The van der Waals surface area contributed by atoms with Crippen LogP contribution < -0.4 is 10.5 Å². The van der Waals surface area contributed by atoms with E-state index in [-0.39, 0.29) is 0 Å². The van der Waals surface area contributed by atoms with Gasteiger partial charge >= 0.3 is 0 Å². The SMILES string of the molecule is NCc1cccc(COc2ccc(Cl)cc2Cl)n1. The molecule has 0 aliphatic rings. The molecule has 1 aromatic heterocycles. The van der Waals surface area contributed by atoms with E-state index in [1.807, 2.05) is 18.2 Å². The molecular weight excluding hydrogens is 271 g/mol. The minimum absolute atomic E-state index is 0.342. The molecular formula is C13H12Cl2N2O. The number of aromatic nitrogens is 1. The zero-order valence-electron chi connectivity index (χ0n) is 9.57. The average Bonchev–Trinajstić information content (AvgIpc) is 2.38. The van der Waals surface area contributed by atoms with Crippen molar-refractivity contribution in [3.05, 3.63) is 57.8 Å². The minimum atomic E-state index is 0.342. The Balaban J connectivity index is 2.06. The molecule has 0 spiro atoms. The Kier molecular flexibility index (Phi) is 4.42. The van der Waals surface area contributed by atoms with Crippen LogP contribution in [0.1, 0.15) is 11.4 Å².